The summed E-state index contributed by atoms with van der Waals surface area (Å²) in [5.74, 6) is -0.0706. The van der Waals surface area contributed by atoms with Gasteiger partial charge in [-0.3, -0.25) is 4.79 Å². The molecule has 1 aromatic carbocycles. The standard InChI is InChI=1S/C12H13ClO2/c1-9(2)7-15-8-12(14)10-4-3-5-11(13)6-10/h3-6H,1,7-8H2,2H3. The van der Waals surface area contributed by atoms with Crippen molar-refractivity contribution in [1.29, 1.82) is 0 Å². The number of hydrogen-bond acceptors (Lipinski definition) is 2. The third kappa shape index (κ3) is 4.28. The average molecular weight is 225 g/mol. The fourth-order valence-electron chi connectivity index (χ4n) is 1.06. The summed E-state index contributed by atoms with van der Waals surface area (Å²) in [6.07, 6.45) is 0. The van der Waals surface area contributed by atoms with Crippen molar-refractivity contribution in [3.63, 3.8) is 0 Å². The molecule has 0 spiro atoms. The van der Waals surface area contributed by atoms with Crippen LogP contribution >= 0.6 is 11.6 Å². The maximum Gasteiger partial charge on any atom is 0.188 e. The van der Waals surface area contributed by atoms with Crippen molar-refractivity contribution in [2.24, 2.45) is 0 Å². The highest BCUT2D eigenvalue weighted by molar-refractivity contribution is 6.31. The maximum absolute atomic E-state index is 11.6. The van der Waals surface area contributed by atoms with Gasteiger partial charge < -0.3 is 4.74 Å². The van der Waals surface area contributed by atoms with Crippen LogP contribution in [0.25, 0.3) is 0 Å². The highest BCUT2D eigenvalue weighted by atomic mass is 35.5. The van der Waals surface area contributed by atoms with Crippen LogP contribution in [-0.4, -0.2) is 19.0 Å². The molecular weight excluding hydrogens is 212 g/mol. The molecule has 0 aliphatic heterocycles. The zero-order valence-electron chi connectivity index (χ0n) is 8.63. The van der Waals surface area contributed by atoms with E-state index in [4.69, 9.17) is 16.3 Å². The van der Waals surface area contributed by atoms with Gasteiger partial charge >= 0.3 is 0 Å². The number of Topliss-reactive ketones (excluding diaryl/α,β-unsaturated/α-hetero) is 1. The molecule has 0 radical (unpaired) electrons. The third-order valence-electron chi connectivity index (χ3n) is 1.73. The average Bonchev–Trinajstić information content (AvgIpc) is 2.17. The molecule has 0 unspecified atom stereocenters. The van der Waals surface area contributed by atoms with Gasteiger partial charge in [-0.25, -0.2) is 0 Å². The molecule has 15 heavy (non-hydrogen) atoms. The maximum atomic E-state index is 11.6. The van der Waals surface area contributed by atoms with Gasteiger partial charge in [0, 0.05) is 10.6 Å². The van der Waals surface area contributed by atoms with Crippen LogP contribution < -0.4 is 0 Å². The first-order valence-electron chi connectivity index (χ1n) is 4.60. The van der Waals surface area contributed by atoms with E-state index in [0.29, 0.717) is 17.2 Å². The number of ether oxygens (including phenoxy) is 1. The molecule has 0 aliphatic rings. The van der Waals surface area contributed by atoms with E-state index in [-0.39, 0.29) is 12.4 Å². The minimum Gasteiger partial charge on any atom is -0.369 e. The summed E-state index contributed by atoms with van der Waals surface area (Å²) in [5.41, 5.74) is 1.47. The van der Waals surface area contributed by atoms with Crippen LogP contribution in [0.4, 0.5) is 0 Å². The molecule has 1 aromatic rings. The van der Waals surface area contributed by atoms with Gasteiger partial charge in [-0.2, -0.15) is 0 Å². The van der Waals surface area contributed by atoms with Crippen molar-refractivity contribution >= 4 is 17.4 Å². The first-order chi connectivity index (χ1) is 7.09. The van der Waals surface area contributed by atoms with E-state index in [1.165, 1.54) is 0 Å². The Hall–Kier alpha value is -1.12. The predicted octanol–water partition coefficient (Wildman–Crippen LogP) is 3.12. The summed E-state index contributed by atoms with van der Waals surface area (Å²) in [4.78, 5) is 11.6. The highest BCUT2D eigenvalue weighted by Gasteiger charge is 2.05. The molecule has 0 saturated carbocycles. The van der Waals surface area contributed by atoms with E-state index in [9.17, 15) is 4.79 Å². The number of carbonyl (C=O) groups is 1. The predicted molar refractivity (Wildman–Crippen MR) is 61.4 cm³/mol. The summed E-state index contributed by atoms with van der Waals surface area (Å²) in [7, 11) is 0. The largest absolute Gasteiger partial charge is 0.369 e. The molecule has 2 nitrogen and oxygen atoms in total. The molecule has 0 aromatic heterocycles. The first-order valence-corrected chi connectivity index (χ1v) is 4.98. The molecule has 0 atom stereocenters. The van der Waals surface area contributed by atoms with Crippen LogP contribution in [0.2, 0.25) is 5.02 Å². The Balaban J connectivity index is 2.50. The second kappa shape index (κ2) is 5.69. The van der Waals surface area contributed by atoms with E-state index in [1.807, 2.05) is 6.92 Å². The van der Waals surface area contributed by atoms with Crippen LogP contribution in [0.3, 0.4) is 0 Å². The number of halogens is 1. The summed E-state index contributed by atoms with van der Waals surface area (Å²) in [6.45, 7) is 6.00. The van der Waals surface area contributed by atoms with Gasteiger partial charge in [-0.05, 0) is 19.1 Å². The molecule has 0 amide bonds. The zero-order valence-corrected chi connectivity index (χ0v) is 9.38. The summed E-state index contributed by atoms with van der Waals surface area (Å²) in [5, 5.41) is 0.556. The van der Waals surface area contributed by atoms with Crippen molar-refractivity contribution in [2.45, 2.75) is 6.92 Å². The minimum absolute atomic E-state index is 0.0627. The van der Waals surface area contributed by atoms with Crippen molar-refractivity contribution in [2.75, 3.05) is 13.2 Å². The Morgan fingerprint density at radius 1 is 1.47 bits per heavy atom. The minimum atomic E-state index is -0.0706. The van der Waals surface area contributed by atoms with E-state index in [0.717, 1.165) is 5.57 Å². The Morgan fingerprint density at radius 3 is 2.80 bits per heavy atom. The molecule has 0 fully saturated rings. The van der Waals surface area contributed by atoms with Gasteiger partial charge in [-0.1, -0.05) is 35.9 Å². The number of hydrogen-bond donors (Lipinski definition) is 0. The van der Waals surface area contributed by atoms with Crippen molar-refractivity contribution in [3.8, 4) is 0 Å². The van der Waals surface area contributed by atoms with Gasteiger partial charge in [0.25, 0.3) is 0 Å². The molecule has 0 bridgehead atoms. The van der Waals surface area contributed by atoms with Crippen LogP contribution in [0, 0.1) is 0 Å². The lowest BCUT2D eigenvalue weighted by atomic mass is 10.1. The molecule has 0 saturated heterocycles. The van der Waals surface area contributed by atoms with Gasteiger partial charge in [0.05, 0.1) is 6.61 Å². The van der Waals surface area contributed by atoms with Gasteiger partial charge in [0.15, 0.2) is 5.78 Å². The molecule has 0 heterocycles. The number of benzene rings is 1. The number of ketones is 1. The second-order valence-corrected chi connectivity index (χ2v) is 3.82. The fourth-order valence-corrected chi connectivity index (χ4v) is 1.25. The molecule has 1 rings (SSSR count). The lowest BCUT2D eigenvalue weighted by Gasteiger charge is -2.03. The normalized spacial score (nSPS) is 10.0. The fraction of sp³-hybridized carbons (Fsp3) is 0.250. The molecule has 3 heteroatoms. The Kier molecular flexibility index (Phi) is 4.53. The Labute approximate surface area is 94.5 Å². The van der Waals surface area contributed by atoms with Gasteiger partial charge in [0.1, 0.15) is 6.61 Å². The Bertz CT molecular complexity index is 372. The molecule has 0 N–H and O–H groups in total. The summed E-state index contributed by atoms with van der Waals surface area (Å²) < 4.78 is 5.16. The summed E-state index contributed by atoms with van der Waals surface area (Å²) >= 11 is 5.77. The van der Waals surface area contributed by atoms with E-state index in [2.05, 4.69) is 6.58 Å². The lowest BCUT2D eigenvalue weighted by molar-refractivity contribution is 0.0798. The van der Waals surface area contributed by atoms with Gasteiger partial charge in [0.2, 0.25) is 0 Å². The lowest BCUT2D eigenvalue weighted by Crippen LogP contribution is -2.10. The third-order valence-corrected chi connectivity index (χ3v) is 1.96. The topological polar surface area (TPSA) is 26.3 Å². The van der Waals surface area contributed by atoms with Crippen LogP contribution in [0.1, 0.15) is 17.3 Å². The van der Waals surface area contributed by atoms with Crippen LogP contribution in [0.5, 0.6) is 0 Å². The quantitative estimate of drug-likeness (QED) is 0.568. The van der Waals surface area contributed by atoms with Crippen LogP contribution in [-0.2, 0) is 4.74 Å². The smallest absolute Gasteiger partial charge is 0.188 e. The van der Waals surface area contributed by atoms with Crippen molar-refractivity contribution in [3.05, 3.63) is 47.0 Å². The van der Waals surface area contributed by atoms with Gasteiger partial charge in [-0.15, -0.1) is 0 Å². The number of carbonyl (C=O) groups excluding carboxylic acids is 1. The van der Waals surface area contributed by atoms with Crippen LogP contribution in [0.15, 0.2) is 36.4 Å². The molecule has 0 aliphatic carbocycles. The molecule has 80 valence electrons. The first kappa shape index (κ1) is 12.0. The highest BCUT2D eigenvalue weighted by Crippen LogP contribution is 2.11. The van der Waals surface area contributed by atoms with E-state index < -0.39 is 0 Å². The SMILES string of the molecule is C=C(C)COCC(=O)c1cccc(Cl)c1. The molecular formula is C12H13ClO2. The second-order valence-electron chi connectivity index (χ2n) is 3.38. The summed E-state index contributed by atoms with van der Waals surface area (Å²) in [6, 6.07) is 6.83. The van der Waals surface area contributed by atoms with Crippen molar-refractivity contribution < 1.29 is 9.53 Å². The van der Waals surface area contributed by atoms with Crippen molar-refractivity contribution in [1.82, 2.24) is 0 Å². The Morgan fingerprint density at radius 2 is 2.20 bits per heavy atom. The number of rotatable bonds is 5. The van der Waals surface area contributed by atoms with E-state index >= 15 is 0 Å². The zero-order chi connectivity index (χ0) is 11.3. The monoisotopic (exact) mass is 224 g/mol. The van der Waals surface area contributed by atoms with E-state index in [1.54, 1.807) is 24.3 Å².